The summed E-state index contributed by atoms with van der Waals surface area (Å²) in [6.07, 6.45) is 2.43. The average Bonchev–Trinajstić information content (AvgIpc) is 3.27. The third-order valence-corrected chi connectivity index (χ3v) is 4.77. The molecule has 0 radical (unpaired) electrons. The third-order valence-electron chi connectivity index (χ3n) is 3.79. The summed E-state index contributed by atoms with van der Waals surface area (Å²) in [4.78, 5) is 0. The fraction of sp³-hybridized carbons (Fsp3) is 0.429. The first-order chi connectivity index (χ1) is 10.9. The SMILES string of the molecule is c1ccc2c(CSc3nnnn3CC3CCCO3)[nH]nc2c1. The monoisotopic (exact) mass is 316 g/mol. The number of aromatic amines is 1. The van der Waals surface area contributed by atoms with Crippen LogP contribution in [-0.4, -0.2) is 43.1 Å². The number of fused-ring (bicyclic) bond motifs is 1. The van der Waals surface area contributed by atoms with Crippen LogP contribution in [0.2, 0.25) is 0 Å². The number of tetrazole rings is 1. The van der Waals surface area contributed by atoms with Crippen molar-refractivity contribution in [2.75, 3.05) is 6.61 Å². The Morgan fingerprint density at radius 1 is 1.36 bits per heavy atom. The summed E-state index contributed by atoms with van der Waals surface area (Å²) in [6.45, 7) is 1.56. The van der Waals surface area contributed by atoms with Crippen LogP contribution in [0, 0.1) is 0 Å². The Labute approximate surface area is 131 Å². The molecule has 0 spiro atoms. The second-order valence-corrected chi connectivity index (χ2v) is 6.23. The molecule has 0 aliphatic carbocycles. The van der Waals surface area contributed by atoms with Gasteiger partial charge < -0.3 is 4.74 Å². The van der Waals surface area contributed by atoms with Gasteiger partial charge in [-0.25, -0.2) is 4.68 Å². The lowest BCUT2D eigenvalue weighted by atomic mass is 10.2. The Balaban J connectivity index is 1.46. The predicted octanol–water partition coefficient (Wildman–Crippen LogP) is 2.02. The fourth-order valence-electron chi connectivity index (χ4n) is 2.66. The van der Waals surface area contributed by atoms with Crippen molar-refractivity contribution in [3.8, 4) is 0 Å². The van der Waals surface area contributed by atoms with Gasteiger partial charge in [0.15, 0.2) is 0 Å². The Morgan fingerprint density at radius 3 is 3.23 bits per heavy atom. The minimum Gasteiger partial charge on any atom is -0.376 e. The number of nitrogens with one attached hydrogen (secondary N) is 1. The molecule has 1 aliphatic rings. The van der Waals surface area contributed by atoms with Gasteiger partial charge in [0.05, 0.1) is 23.9 Å². The van der Waals surface area contributed by atoms with E-state index in [9.17, 15) is 0 Å². The molecule has 2 aromatic heterocycles. The molecule has 1 aliphatic heterocycles. The molecule has 3 aromatic rings. The first kappa shape index (κ1) is 13.7. The van der Waals surface area contributed by atoms with Crippen LogP contribution in [0.15, 0.2) is 29.4 Å². The molecule has 0 saturated carbocycles. The first-order valence-electron chi connectivity index (χ1n) is 7.33. The molecule has 0 bridgehead atoms. The summed E-state index contributed by atoms with van der Waals surface area (Å²) in [5, 5.41) is 21.3. The molecule has 8 heteroatoms. The van der Waals surface area contributed by atoms with Crippen molar-refractivity contribution in [2.45, 2.75) is 36.4 Å². The number of H-pyrrole nitrogens is 1. The molecule has 0 amide bonds. The molecule has 1 N–H and O–H groups in total. The maximum atomic E-state index is 5.65. The molecule has 22 heavy (non-hydrogen) atoms. The van der Waals surface area contributed by atoms with Crippen LogP contribution < -0.4 is 0 Å². The number of hydrogen-bond donors (Lipinski definition) is 1. The minimum absolute atomic E-state index is 0.232. The molecule has 3 heterocycles. The molecule has 1 unspecified atom stereocenters. The van der Waals surface area contributed by atoms with Gasteiger partial charge in [-0.15, -0.1) is 5.10 Å². The van der Waals surface area contributed by atoms with Gasteiger partial charge in [0.1, 0.15) is 0 Å². The molecule has 7 nitrogen and oxygen atoms in total. The van der Waals surface area contributed by atoms with E-state index < -0.39 is 0 Å². The molecule has 1 fully saturated rings. The highest BCUT2D eigenvalue weighted by Crippen LogP contribution is 2.24. The number of hydrogen-bond acceptors (Lipinski definition) is 6. The zero-order valence-electron chi connectivity index (χ0n) is 12.0. The summed E-state index contributed by atoms with van der Waals surface area (Å²) in [6, 6.07) is 8.08. The van der Waals surface area contributed by atoms with Gasteiger partial charge in [-0.3, -0.25) is 5.10 Å². The summed E-state index contributed by atoms with van der Waals surface area (Å²) in [7, 11) is 0. The summed E-state index contributed by atoms with van der Waals surface area (Å²) in [5.74, 6) is 0.756. The van der Waals surface area contributed by atoms with E-state index >= 15 is 0 Å². The van der Waals surface area contributed by atoms with E-state index in [1.807, 2.05) is 22.9 Å². The van der Waals surface area contributed by atoms with Crippen LogP contribution in [0.5, 0.6) is 0 Å². The number of ether oxygens (including phenoxy) is 1. The van der Waals surface area contributed by atoms with E-state index in [1.54, 1.807) is 11.8 Å². The second kappa shape index (κ2) is 6.05. The number of nitrogens with zero attached hydrogens (tertiary/aromatic N) is 5. The molecule has 1 atom stereocenters. The van der Waals surface area contributed by atoms with Gasteiger partial charge in [-0.1, -0.05) is 30.0 Å². The van der Waals surface area contributed by atoms with Crippen molar-refractivity contribution in [2.24, 2.45) is 0 Å². The zero-order chi connectivity index (χ0) is 14.8. The topological polar surface area (TPSA) is 81.5 Å². The van der Waals surface area contributed by atoms with E-state index in [4.69, 9.17) is 4.74 Å². The summed E-state index contributed by atoms with van der Waals surface area (Å²) in [5.41, 5.74) is 2.07. The third kappa shape index (κ3) is 2.71. The molecule has 4 rings (SSSR count). The first-order valence-corrected chi connectivity index (χ1v) is 8.31. The Bertz CT molecular complexity index is 763. The number of benzene rings is 1. The van der Waals surface area contributed by atoms with Gasteiger partial charge in [0.2, 0.25) is 5.16 Å². The van der Waals surface area contributed by atoms with Gasteiger partial charge in [-0.2, -0.15) is 5.10 Å². The Kier molecular flexibility index (Phi) is 3.77. The highest BCUT2D eigenvalue weighted by atomic mass is 32.2. The van der Waals surface area contributed by atoms with Gasteiger partial charge >= 0.3 is 0 Å². The van der Waals surface area contributed by atoms with Crippen molar-refractivity contribution in [3.63, 3.8) is 0 Å². The van der Waals surface area contributed by atoms with Crippen molar-refractivity contribution in [1.29, 1.82) is 0 Å². The van der Waals surface area contributed by atoms with Crippen LogP contribution >= 0.6 is 11.8 Å². The number of aromatic nitrogens is 6. The van der Waals surface area contributed by atoms with Gasteiger partial charge in [0.25, 0.3) is 0 Å². The number of para-hydroxylation sites is 1. The molecule has 1 aromatic carbocycles. The zero-order valence-corrected chi connectivity index (χ0v) is 12.8. The molecular weight excluding hydrogens is 300 g/mol. The largest absolute Gasteiger partial charge is 0.376 e. The number of thioether (sulfide) groups is 1. The Morgan fingerprint density at radius 2 is 2.32 bits per heavy atom. The van der Waals surface area contributed by atoms with Gasteiger partial charge in [-0.05, 0) is 29.3 Å². The van der Waals surface area contributed by atoms with E-state index in [2.05, 4.69) is 31.8 Å². The van der Waals surface area contributed by atoms with Crippen LogP contribution in [0.25, 0.3) is 10.9 Å². The smallest absolute Gasteiger partial charge is 0.209 e. The summed E-state index contributed by atoms with van der Waals surface area (Å²) < 4.78 is 7.48. The number of rotatable bonds is 5. The van der Waals surface area contributed by atoms with Crippen molar-refractivity contribution in [1.82, 2.24) is 30.4 Å². The van der Waals surface area contributed by atoms with Gasteiger partial charge in [0, 0.05) is 17.7 Å². The predicted molar refractivity (Wildman–Crippen MR) is 82.4 cm³/mol. The lowest BCUT2D eigenvalue weighted by Crippen LogP contribution is -2.16. The van der Waals surface area contributed by atoms with Crippen LogP contribution in [0.4, 0.5) is 0 Å². The maximum Gasteiger partial charge on any atom is 0.209 e. The van der Waals surface area contributed by atoms with Crippen molar-refractivity contribution < 1.29 is 4.74 Å². The minimum atomic E-state index is 0.232. The van der Waals surface area contributed by atoms with E-state index in [-0.39, 0.29) is 6.10 Å². The maximum absolute atomic E-state index is 5.65. The standard InChI is InChI=1S/C14H16N6OS/c1-2-6-12-11(5-1)13(16-15-12)9-22-14-17-18-19-20(14)8-10-4-3-7-21-10/h1-2,5-6,10H,3-4,7-9H2,(H,15,16). The molecule has 1 saturated heterocycles. The van der Waals surface area contributed by atoms with Crippen LogP contribution in [-0.2, 0) is 17.0 Å². The highest BCUT2D eigenvalue weighted by Gasteiger charge is 2.19. The molecular formula is C14H16N6OS. The Hall–Kier alpha value is -1.93. The van der Waals surface area contributed by atoms with Crippen molar-refractivity contribution >= 4 is 22.7 Å². The normalized spacial score (nSPS) is 18.3. The van der Waals surface area contributed by atoms with E-state index in [0.29, 0.717) is 0 Å². The highest BCUT2D eigenvalue weighted by molar-refractivity contribution is 7.98. The quantitative estimate of drug-likeness (QED) is 0.725. The van der Waals surface area contributed by atoms with Crippen LogP contribution in [0.3, 0.4) is 0 Å². The lowest BCUT2D eigenvalue weighted by molar-refractivity contribution is 0.0912. The van der Waals surface area contributed by atoms with E-state index in [1.165, 1.54) is 0 Å². The van der Waals surface area contributed by atoms with Crippen LogP contribution in [0.1, 0.15) is 18.5 Å². The fourth-order valence-corrected chi connectivity index (χ4v) is 3.50. The summed E-state index contributed by atoms with van der Waals surface area (Å²) >= 11 is 1.61. The average molecular weight is 316 g/mol. The second-order valence-electron chi connectivity index (χ2n) is 5.29. The lowest BCUT2D eigenvalue weighted by Gasteiger charge is -2.09. The van der Waals surface area contributed by atoms with Crippen molar-refractivity contribution in [3.05, 3.63) is 30.0 Å². The molecule has 114 valence electrons. The van der Waals surface area contributed by atoms with E-state index in [0.717, 1.165) is 53.5 Å².